The summed E-state index contributed by atoms with van der Waals surface area (Å²) in [6.07, 6.45) is -51.1. The summed E-state index contributed by atoms with van der Waals surface area (Å²) < 4.78 is 342. The third-order valence-corrected chi connectivity index (χ3v) is 9.34. The lowest BCUT2D eigenvalue weighted by molar-refractivity contribution is -0.885. The van der Waals surface area contributed by atoms with Crippen molar-refractivity contribution in [3.63, 3.8) is 0 Å². The lowest BCUT2D eigenvalue weighted by atomic mass is 9.12. The zero-order chi connectivity index (χ0) is 49.7. The van der Waals surface area contributed by atoms with Crippen LogP contribution >= 0.6 is 0 Å². The SMILES string of the molecule is CO[n+]1ccccc1.FC(F)(F)c1cc([B-](c2cc(C(F)(F)F)cc(C(F)(F)F)c2)(c2cc(C(F)(F)F)cc(C(F)(F)F)c2)c2cc(C(F)(F)F)cc(C(F)(F)F)c2)cc(C(F)(F)F)c1. The van der Waals surface area contributed by atoms with E-state index in [0.29, 0.717) is 0 Å². The Morgan fingerprint density at radius 1 is 0.292 bits per heavy atom. The van der Waals surface area contributed by atoms with E-state index in [2.05, 4.69) is 0 Å². The molecule has 354 valence electrons. The second-order valence-corrected chi connectivity index (χ2v) is 13.6. The van der Waals surface area contributed by atoms with Gasteiger partial charge in [0, 0.05) is 16.9 Å². The van der Waals surface area contributed by atoms with Crippen molar-refractivity contribution in [2.24, 2.45) is 0 Å². The average Bonchev–Trinajstić information content (AvgIpc) is 3.15. The van der Waals surface area contributed by atoms with E-state index in [9.17, 15) is 105 Å². The van der Waals surface area contributed by atoms with E-state index in [1.807, 2.05) is 30.6 Å². The van der Waals surface area contributed by atoms with Gasteiger partial charge < -0.3 is 0 Å². The van der Waals surface area contributed by atoms with Crippen LogP contribution in [0.4, 0.5) is 105 Å². The van der Waals surface area contributed by atoms with Crippen LogP contribution in [0.25, 0.3) is 0 Å². The van der Waals surface area contributed by atoms with Gasteiger partial charge in [0.15, 0.2) is 0 Å². The second kappa shape index (κ2) is 17.2. The van der Waals surface area contributed by atoms with E-state index in [1.165, 1.54) is 0 Å². The van der Waals surface area contributed by atoms with Gasteiger partial charge in [-0.05, 0) is 24.3 Å². The number of hydrogen-bond acceptors (Lipinski definition) is 1. The zero-order valence-electron chi connectivity index (χ0n) is 31.3. The summed E-state index contributed by atoms with van der Waals surface area (Å²) in [4.78, 5) is 4.83. The molecule has 5 aromatic rings. The van der Waals surface area contributed by atoms with Crippen LogP contribution in [-0.2, 0) is 49.4 Å². The van der Waals surface area contributed by atoms with Crippen LogP contribution in [0.2, 0.25) is 0 Å². The second-order valence-electron chi connectivity index (χ2n) is 13.6. The maximum atomic E-state index is 14.2. The molecule has 0 saturated heterocycles. The molecule has 0 aliphatic rings. The molecule has 0 radical (unpaired) electrons. The smallest absolute Gasteiger partial charge is 0.275 e. The molecule has 27 heteroatoms. The molecule has 0 spiro atoms. The van der Waals surface area contributed by atoms with E-state index in [4.69, 9.17) is 4.84 Å². The van der Waals surface area contributed by atoms with Gasteiger partial charge in [-0.1, -0.05) is 54.6 Å². The molecular formula is C38H20BF24NO. The number of nitrogens with zero attached hydrogens (tertiary/aromatic N) is 1. The molecule has 0 amide bonds. The number of halogens is 24. The fourth-order valence-electron chi connectivity index (χ4n) is 6.58. The van der Waals surface area contributed by atoms with E-state index in [0.717, 1.165) is 0 Å². The van der Waals surface area contributed by atoms with E-state index >= 15 is 0 Å². The Hall–Kier alpha value is -5.79. The fourth-order valence-corrected chi connectivity index (χ4v) is 6.58. The standard InChI is InChI=1S/C32H12BF24.C6H8NO/c34-25(35,36)13-1-14(26(37,38)39)6-21(5-13)33(22-7-15(27(40,41)42)2-16(8-22)28(43,44)45,23-9-17(29(46,47)48)3-18(10-23)30(49,50)51)24-11-19(31(52,53)54)4-20(12-24)32(55,56)57;1-8-7-5-3-2-4-6-7/h1-12H;2-6H,1H3/q-1;+1. The number of aromatic nitrogens is 1. The van der Waals surface area contributed by atoms with Gasteiger partial charge >= 0.3 is 49.4 Å². The van der Waals surface area contributed by atoms with E-state index in [1.54, 1.807) is 11.8 Å². The molecule has 0 aliphatic carbocycles. The minimum absolute atomic E-state index is 0.691. The summed E-state index contributed by atoms with van der Waals surface area (Å²) in [5.74, 6) is 0. The van der Waals surface area contributed by atoms with Gasteiger partial charge in [0.05, 0.1) is 44.5 Å². The van der Waals surface area contributed by atoms with Crippen LogP contribution in [0.3, 0.4) is 0 Å². The Labute approximate surface area is 347 Å². The van der Waals surface area contributed by atoms with Crippen molar-refractivity contribution in [2.75, 3.05) is 7.11 Å². The molecule has 2 nitrogen and oxygen atoms in total. The van der Waals surface area contributed by atoms with Gasteiger partial charge in [-0.2, -0.15) is 127 Å². The van der Waals surface area contributed by atoms with E-state index in [-0.39, 0.29) is 0 Å². The van der Waals surface area contributed by atoms with Crippen molar-refractivity contribution in [2.45, 2.75) is 49.4 Å². The average molecular weight is 973 g/mol. The van der Waals surface area contributed by atoms with Gasteiger partial charge in [-0.15, -0.1) is 0 Å². The molecule has 0 bridgehead atoms. The van der Waals surface area contributed by atoms with Crippen molar-refractivity contribution in [3.05, 3.63) is 148 Å². The molecule has 0 fully saturated rings. The Bertz CT molecular complexity index is 2040. The first kappa shape index (κ1) is 51.8. The Balaban J connectivity index is 0.00000104. The van der Waals surface area contributed by atoms with Crippen LogP contribution in [0.15, 0.2) is 103 Å². The highest BCUT2D eigenvalue weighted by Crippen LogP contribution is 2.41. The first-order chi connectivity index (χ1) is 29.2. The van der Waals surface area contributed by atoms with Crippen LogP contribution in [0.1, 0.15) is 44.5 Å². The first-order valence-corrected chi connectivity index (χ1v) is 17.1. The minimum Gasteiger partial charge on any atom is -0.275 e. The van der Waals surface area contributed by atoms with Gasteiger partial charge in [0.25, 0.3) is 0 Å². The molecule has 5 rings (SSSR count). The number of pyridine rings is 1. The monoisotopic (exact) mass is 973 g/mol. The third-order valence-electron chi connectivity index (χ3n) is 9.34. The van der Waals surface area contributed by atoms with Gasteiger partial charge in [-0.25, -0.2) is 0 Å². The minimum atomic E-state index is -6.13. The van der Waals surface area contributed by atoms with Crippen molar-refractivity contribution in [1.82, 2.24) is 0 Å². The molecule has 4 aromatic carbocycles. The number of benzene rings is 4. The number of hydrogen-bond donors (Lipinski definition) is 0. The Morgan fingerprint density at radius 3 is 0.585 bits per heavy atom. The van der Waals surface area contributed by atoms with Gasteiger partial charge in [-0.3, -0.25) is 4.84 Å². The maximum Gasteiger partial charge on any atom is 0.416 e. The van der Waals surface area contributed by atoms with Gasteiger partial charge in [0.2, 0.25) is 12.4 Å². The highest BCUT2D eigenvalue weighted by Gasteiger charge is 2.47. The summed E-state index contributed by atoms with van der Waals surface area (Å²) >= 11 is 0. The normalized spacial score (nSPS) is 13.6. The van der Waals surface area contributed by atoms with Gasteiger partial charge in [0.1, 0.15) is 13.3 Å². The van der Waals surface area contributed by atoms with Crippen molar-refractivity contribution in [3.8, 4) is 0 Å². The summed E-state index contributed by atoms with van der Waals surface area (Å²) in [7, 11) is 1.62. The predicted octanol–water partition coefficient (Wildman–Crippen LogP) is 11.2. The molecule has 65 heavy (non-hydrogen) atoms. The Kier molecular flexibility index (Phi) is 13.7. The molecule has 0 unspecified atom stereocenters. The predicted molar refractivity (Wildman–Crippen MR) is 179 cm³/mol. The maximum absolute atomic E-state index is 14.2. The number of alkyl halides is 24. The Morgan fingerprint density at radius 2 is 0.462 bits per heavy atom. The summed E-state index contributed by atoms with van der Waals surface area (Å²) in [6, 6.07) is -3.06. The van der Waals surface area contributed by atoms with Crippen molar-refractivity contribution in [1.29, 1.82) is 0 Å². The van der Waals surface area contributed by atoms with Crippen molar-refractivity contribution >= 4 is 28.0 Å². The van der Waals surface area contributed by atoms with E-state index < -0.39 is 195 Å². The molecule has 0 N–H and O–H groups in total. The molecule has 1 heterocycles. The third kappa shape index (κ3) is 11.9. The highest BCUT2D eigenvalue weighted by molar-refractivity contribution is 7.20. The highest BCUT2D eigenvalue weighted by atomic mass is 19.4. The van der Waals surface area contributed by atoms with Crippen LogP contribution in [0.5, 0.6) is 0 Å². The quantitative estimate of drug-likeness (QED) is 0.0972. The fraction of sp³-hybridized carbons (Fsp3) is 0.237. The summed E-state index contributed by atoms with van der Waals surface area (Å²) in [6.45, 7) is 0. The topological polar surface area (TPSA) is 13.1 Å². The van der Waals surface area contributed by atoms with Crippen molar-refractivity contribution < 1.29 is 115 Å². The molecule has 1 aromatic heterocycles. The zero-order valence-corrected chi connectivity index (χ0v) is 31.3. The summed E-state index contributed by atoms with van der Waals surface area (Å²) in [5, 5.41) is 0. The van der Waals surface area contributed by atoms with Crippen LogP contribution in [0, 0.1) is 0 Å². The van der Waals surface area contributed by atoms with Crippen LogP contribution in [-0.4, -0.2) is 13.3 Å². The molecule has 0 saturated carbocycles. The first-order valence-electron chi connectivity index (χ1n) is 17.1. The summed E-state index contributed by atoms with van der Waals surface area (Å²) in [5.41, 5.74) is -30.2. The largest absolute Gasteiger partial charge is 0.416 e. The number of rotatable bonds is 5. The molecule has 0 aliphatic heterocycles. The lowest BCUT2D eigenvalue weighted by Gasteiger charge is -2.46. The van der Waals surface area contributed by atoms with Crippen LogP contribution < -0.4 is 31.4 Å². The molecule has 0 atom stereocenters. The molecular weight excluding hydrogens is 953 g/mol. The lowest BCUT2D eigenvalue weighted by Crippen LogP contribution is -2.75.